The molecule has 2 fully saturated rings. The molecule has 0 aromatic carbocycles. The van der Waals surface area contributed by atoms with E-state index in [4.69, 9.17) is 0 Å². The highest BCUT2D eigenvalue weighted by Crippen LogP contribution is 2.38. The number of carbonyl (C=O) groups is 1. The number of aliphatic hydroxyl groups excluding tert-OH is 1. The van der Waals surface area contributed by atoms with Gasteiger partial charge in [0, 0.05) is 36.2 Å². The number of aliphatic hydroxyl groups is 1. The molecule has 3 rings (SSSR count). The van der Waals surface area contributed by atoms with Crippen molar-refractivity contribution in [3.05, 3.63) is 22.3 Å². The van der Waals surface area contributed by atoms with E-state index in [9.17, 15) is 9.90 Å². The molecular formula is C15H20BrN3O2. The van der Waals surface area contributed by atoms with Gasteiger partial charge in [-0.3, -0.25) is 4.79 Å². The number of likely N-dealkylation sites (tertiary alicyclic amines) is 1. The molecule has 0 radical (unpaired) electrons. The summed E-state index contributed by atoms with van der Waals surface area (Å²) in [6, 6.07) is 1.82. The lowest BCUT2D eigenvalue weighted by molar-refractivity contribution is 0.0753. The molecule has 1 aromatic heterocycles. The van der Waals surface area contributed by atoms with Crippen molar-refractivity contribution in [1.29, 1.82) is 0 Å². The highest BCUT2D eigenvalue weighted by molar-refractivity contribution is 9.10. The van der Waals surface area contributed by atoms with Crippen LogP contribution >= 0.6 is 15.9 Å². The second-order valence-electron chi connectivity index (χ2n) is 5.86. The summed E-state index contributed by atoms with van der Waals surface area (Å²) < 4.78 is 0.798. The van der Waals surface area contributed by atoms with Crippen LogP contribution in [0.1, 0.15) is 30.1 Å². The molecular weight excluding hydrogens is 334 g/mol. The van der Waals surface area contributed by atoms with Gasteiger partial charge in [0.15, 0.2) is 0 Å². The number of rotatable bonds is 3. The van der Waals surface area contributed by atoms with Crippen molar-refractivity contribution in [1.82, 2.24) is 9.88 Å². The number of amides is 1. The molecule has 5 nitrogen and oxygen atoms in total. The summed E-state index contributed by atoms with van der Waals surface area (Å²) in [7, 11) is 0. The summed E-state index contributed by atoms with van der Waals surface area (Å²) in [5, 5.41) is 13.1. The zero-order valence-electron chi connectivity index (χ0n) is 12.1. The molecule has 2 heterocycles. The van der Waals surface area contributed by atoms with Crippen LogP contribution in [0.2, 0.25) is 0 Å². The van der Waals surface area contributed by atoms with Crippen LogP contribution in [-0.4, -0.2) is 46.6 Å². The van der Waals surface area contributed by atoms with Crippen LogP contribution in [0.15, 0.2) is 16.7 Å². The fraction of sp³-hybridized carbons (Fsp3) is 0.600. The average molecular weight is 354 g/mol. The molecule has 3 atom stereocenters. The lowest BCUT2D eigenvalue weighted by Crippen LogP contribution is -2.31. The molecule has 21 heavy (non-hydrogen) atoms. The Hall–Kier alpha value is -1.14. The number of hydrogen-bond acceptors (Lipinski definition) is 4. The maximum atomic E-state index is 12.8. The van der Waals surface area contributed by atoms with E-state index in [-0.39, 0.29) is 17.9 Å². The van der Waals surface area contributed by atoms with Crippen LogP contribution in [0.25, 0.3) is 0 Å². The summed E-state index contributed by atoms with van der Waals surface area (Å²) in [4.78, 5) is 18.9. The summed E-state index contributed by atoms with van der Waals surface area (Å²) in [5.41, 5.74) is 0.598. The summed E-state index contributed by atoms with van der Waals surface area (Å²) in [6.45, 7) is 4.11. The monoisotopic (exact) mass is 353 g/mol. The number of carbonyl (C=O) groups excluding carboxylic acids is 1. The van der Waals surface area contributed by atoms with Crippen molar-refractivity contribution in [3.63, 3.8) is 0 Å². The van der Waals surface area contributed by atoms with Gasteiger partial charge in [-0.2, -0.15) is 0 Å². The van der Waals surface area contributed by atoms with E-state index in [1.165, 1.54) is 0 Å². The molecule has 114 valence electrons. The third kappa shape index (κ3) is 2.79. The van der Waals surface area contributed by atoms with E-state index >= 15 is 0 Å². The largest absolute Gasteiger partial charge is 0.393 e. The van der Waals surface area contributed by atoms with Crippen LogP contribution in [-0.2, 0) is 0 Å². The Labute approximate surface area is 132 Å². The van der Waals surface area contributed by atoms with Crippen molar-refractivity contribution >= 4 is 27.7 Å². The van der Waals surface area contributed by atoms with E-state index in [2.05, 4.69) is 26.2 Å². The van der Waals surface area contributed by atoms with Crippen molar-refractivity contribution in [2.24, 2.45) is 11.8 Å². The highest BCUT2D eigenvalue weighted by atomic mass is 79.9. The Bertz CT molecular complexity index is 552. The smallest absolute Gasteiger partial charge is 0.257 e. The second kappa shape index (κ2) is 5.93. The molecule has 0 spiro atoms. The van der Waals surface area contributed by atoms with Gasteiger partial charge in [0.05, 0.1) is 11.7 Å². The van der Waals surface area contributed by atoms with Crippen LogP contribution in [0.4, 0.5) is 5.82 Å². The van der Waals surface area contributed by atoms with Crippen LogP contribution < -0.4 is 5.32 Å². The number of anilines is 1. The number of nitrogens with zero attached hydrogens (tertiary/aromatic N) is 2. The Balaban J connectivity index is 1.81. The fourth-order valence-electron chi connectivity index (χ4n) is 3.48. The Morgan fingerprint density at radius 2 is 2.33 bits per heavy atom. The molecule has 1 aromatic rings. The van der Waals surface area contributed by atoms with Gasteiger partial charge in [0.25, 0.3) is 5.91 Å². The third-order valence-corrected chi connectivity index (χ3v) is 4.97. The van der Waals surface area contributed by atoms with E-state index in [0.29, 0.717) is 23.8 Å². The summed E-state index contributed by atoms with van der Waals surface area (Å²) in [5.74, 6) is 1.33. The molecule has 1 saturated carbocycles. The topological polar surface area (TPSA) is 65.5 Å². The van der Waals surface area contributed by atoms with Gasteiger partial charge < -0.3 is 15.3 Å². The van der Waals surface area contributed by atoms with Gasteiger partial charge in [-0.05, 0) is 47.7 Å². The normalized spacial score (nSPS) is 27.8. The zero-order chi connectivity index (χ0) is 15.0. The first-order valence-corrected chi connectivity index (χ1v) is 8.26. The molecule has 2 aliphatic rings. The first-order chi connectivity index (χ1) is 10.1. The van der Waals surface area contributed by atoms with Crippen LogP contribution in [0, 0.1) is 11.8 Å². The van der Waals surface area contributed by atoms with Gasteiger partial charge in [-0.1, -0.05) is 0 Å². The Morgan fingerprint density at radius 3 is 3.05 bits per heavy atom. The number of aromatic nitrogens is 1. The van der Waals surface area contributed by atoms with E-state index in [1.54, 1.807) is 6.20 Å². The number of nitrogens with one attached hydrogen (secondary N) is 1. The molecule has 3 unspecified atom stereocenters. The van der Waals surface area contributed by atoms with Gasteiger partial charge in [-0.25, -0.2) is 4.98 Å². The lowest BCUT2D eigenvalue weighted by atomic mass is 10.00. The number of halogens is 1. The van der Waals surface area contributed by atoms with E-state index in [1.807, 2.05) is 17.9 Å². The number of pyridine rings is 1. The molecule has 1 saturated heterocycles. The number of fused-ring (bicyclic) bond motifs is 1. The highest BCUT2D eigenvalue weighted by Gasteiger charge is 2.43. The molecule has 1 amide bonds. The summed E-state index contributed by atoms with van der Waals surface area (Å²) >= 11 is 3.38. The molecule has 6 heteroatoms. The Kier molecular flexibility index (Phi) is 4.17. The minimum absolute atomic E-state index is 0.00125. The molecule has 0 bridgehead atoms. The standard InChI is InChI=1S/C15H20BrN3O2/c1-2-17-14-11(5-10(16)6-18-14)15(21)19-7-9-3-4-13(20)12(9)8-19/h5-6,9,12-13,20H,2-4,7-8H2,1H3,(H,17,18). The van der Waals surface area contributed by atoms with Crippen molar-refractivity contribution in [2.45, 2.75) is 25.9 Å². The van der Waals surface area contributed by atoms with Crippen LogP contribution in [0.5, 0.6) is 0 Å². The zero-order valence-corrected chi connectivity index (χ0v) is 13.6. The first kappa shape index (κ1) is 14.8. The summed E-state index contributed by atoms with van der Waals surface area (Å²) in [6.07, 6.45) is 3.34. The van der Waals surface area contributed by atoms with Crippen molar-refractivity contribution in [3.8, 4) is 0 Å². The predicted octanol–water partition coefficient (Wildman–Crippen LogP) is 2.12. The SMILES string of the molecule is CCNc1ncc(Br)cc1C(=O)N1CC2CCC(O)C2C1. The average Bonchev–Trinajstić information content (AvgIpc) is 3.03. The molecule has 2 N–H and O–H groups in total. The van der Waals surface area contributed by atoms with Crippen molar-refractivity contribution in [2.75, 3.05) is 25.0 Å². The fourth-order valence-corrected chi connectivity index (χ4v) is 3.81. The first-order valence-electron chi connectivity index (χ1n) is 7.47. The van der Waals surface area contributed by atoms with E-state index in [0.717, 1.165) is 30.4 Å². The second-order valence-corrected chi connectivity index (χ2v) is 6.77. The maximum absolute atomic E-state index is 12.8. The minimum atomic E-state index is -0.248. The van der Waals surface area contributed by atoms with Crippen LogP contribution in [0.3, 0.4) is 0 Å². The van der Waals surface area contributed by atoms with Gasteiger partial charge in [0.2, 0.25) is 0 Å². The van der Waals surface area contributed by atoms with Gasteiger partial charge in [0.1, 0.15) is 5.82 Å². The molecule has 1 aliphatic heterocycles. The predicted molar refractivity (Wildman–Crippen MR) is 84.2 cm³/mol. The Morgan fingerprint density at radius 1 is 1.52 bits per heavy atom. The third-order valence-electron chi connectivity index (χ3n) is 4.54. The van der Waals surface area contributed by atoms with Gasteiger partial charge in [-0.15, -0.1) is 0 Å². The lowest BCUT2D eigenvalue weighted by Gasteiger charge is -2.20. The minimum Gasteiger partial charge on any atom is -0.393 e. The van der Waals surface area contributed by atoms with Gasteiger partial charge >= 0.3 is 0 Å². The quantitative estimate of drug-likeness (QED) is 0.873. The van der Waals surface area contributed by atoms with E-state index < -0.39 is 0 Å². The van der Waals surface area contributed by atoms with Crippen molar-refractivity contribution < 1.29 is 9.90 Å². The molecule has 1 aliphatic carbocycles. The maximum Gasteiger partial charge on any atom is 0.257 e. The number of hydrogen-bond donors (Lipinski definition) is 2.